The fraction of sp³-hybridized carbons (Fsp3) is 0.167. The molecule has 1 heterocycles. The number of aromatic nitrogens is 1. The first kappa shape index (κ1) is 12.9. The van der Waals surface area contributed by atoms with Crippen LogP contribution in [0.3, 0.4) is 0 Å². The molecular weight excluding hydrogens is 272 g/mol. The third-order valence-electron chi connectivity index (χ3n) is 2.34. The minimum Gasteiger partial charge on any atom is -0.481 e. The molecule has 0 fully saturated rings. The molecular formula is C12H11ClN2O2S. The van der Waals surface area contributed by atoms with Crippen LogP contribution in [0.5, 0.6) is 0 Å². The summed E-state index contributed by atoms with van der Waals surface area (Å²) in [7, 11) is 0. The van der Waals surface area contributed by atoms with Crippen molar-refractivity contribution in [3.63, 3.8) is 0 Å². The van der Waals surface area contributed by atoms with Gasteiger partial charge in [-0.2, -0.15) is 0 Å². The van der Waals surface area contributed by atoms with Gasteiger partial charge < -0.3 is 10.4 Å². The molecule has 0 radical (unpaired) electrons. The average Bonchev–Trinajstić information content (AvgIpc) is 2.70. The second kappa shape index (κ2) is 5.37. The number of para-hydroxylation sites is 1. The Hall–Kier alpha value is -1.59. The molecule has 4 nitrogen and oxygen atoms in total. The number of benzene rings is 1. The van der Waals surface area contributed by atoms with Gasteiger partial charge in [0.1, 0.15) is 0 Å². The first-order valence-electron chi connectivity index (χ1n) is 5.24. The van der Waals surface area contributed by atoms with Crippen molar-refractivity contribution in [3.8, 4) is 0 Å². The first-order valence-corrected chi connectivity index (χ1v) is 6.50. The number of carbonyl (C=O) groups is 1. The zero-order valence-electron chi connectivity index (χ0n) is 9.61. The van der Waals surface area contributed by atoms with Crippen molar-refractivity contribution in [1.29, 1.82) is 0 Å². The number of nitrogens with zero attached hydrogens (tertiary/aromatic N) is 1. The third-order valence-corrected chi connectivity index (χ3v) is 3.46. The van der Waals surface area contributed by atoms with E-state index < -0.39 is 5.97 Å². The quantitative estimate of drug-likeness (QED) is 0.901. The molecule has 2 aromatic rings. The van der Waals surface area contributed by atoms with Gasteiger partial charge in [0, 0.05) is 5.38 Å². The number of nitrogens with one attached hydrogen (secondary N) is 1. The number of halogens is 1. The molecule has 0 saturated heterocycles. The van der Waals surface area contributed by atoms with Gasteiger partial charge in [-0.05, 0) is 18.6 Å². The van der Waals surface area contributed by atoms with E-state index in [9.17, 15) is 4.79 Å². The number of thiazole rings is 1. The van der Waals surface area contributed by atoms with Crippen LogP contribution >= 0.6 is 22.9 Å². The fourth-order valence-electron chi connectivity index (χ4n) is 1.50. The number of rotatable bonds is 4. The first-order chi connectivity index (χ1) is 8.56. The van der Waals surface area contributed by atoms with Gasteiger partial charge in [-0.15, -0.1) is 11.3 Å². The van der Waals surface area contributed by atoms with Crippen LogP contribution in [0.1, 0.15) is 11.3 Å². The molecule has 0 saturated carbocycles. The van der Waals surface area contributed by atoms with Crippen molar-refractivity contribution in [2.24, 2.45) is 0 Å². The van der Waals surface area contributed by atoms with Gasteiger partial charge in [-0.1, -0.05) is 23.7 Å². The minimum absolute atomic E-state index is 0.0698. The number of aryl methyl sites for hydroxylation is 1. The highest BCUT2D eigenvalue weighted by atomic mass is 35.5. The summed E-state index contributed by atoms with van der Waals surface area (Å²) in [5.41, 5.74) is 2.35. The van der Waals surface area contributed by atoms with E-state index in [1.54, 1.807) is 11.4 Å². The summed E-state index contributed by atoms with van der Waals surface area (Å²) in [6, 6.07) is 5.61. The maximum absolute atomic E-state index is 10.6. The smallest absolute Gasteiger partial charge is 0.309 e. The third kappa shape index (κ3) is 3.00. The summed E-state index contributed by atoms with van der Waals surface area (Å²) in [6.45, 7) is 1.94. The molecule has 18 heavy (non-hydrogen) atoms. The zero-order valence-corrected chi connectivity index (χ0v) is 11.2. The van der Waals surface area contributed by atoms with E-state index in [1.165, 1.54) is 11.3 Å². The van der Waals surface area contributed by atoms with Gasteiger partial charge in [0.05, 0.1) is 22.8 Å². The Morgan fingerprint density at radius 1 is 1.56 bits per heavy atom. The van der Waals surface area contributed by atoms with Crippen molar-refractivity contribution in [1.82, 2.24) is 4.98 Å². The summed E-state index contributed by atoms with van der Waals surface area (Å²) in [6.07, 6.45) is -0.0698. The lowest BCUT2D eigenvalue weighted by molar-refractivity contribution is -0.136. The molecule has 0 amide bonds. The van der Waals surface area contributed by atoms with E-state index in [0.717, 1.165) is 11.3 Å². The Kier molecular flexibility index (Phi) is 3.84. The zero-order chi connectivity index (χ0) is 13.1. The van der Waals surface area contributed by atoms with E-state index in [-0.39, 0.29) is 6.42 Å². The highest BCUT2D eigenvalue weighted by Crippen LogP contribution is 2.30. The second-order valence-electron chi connectivity index (χ2n) is 3.77. The molecule has 0 atom stereocenters. The van der Waals surface area contributed by atoms with E-state index in [4.69, 9.17) is 16.7 Å². The van der Waals surface area contributed by atoms with Gasteiger partial charge in [0.25, 0.3) is 0 Å². The van der Waals surface area contributed by atoms with Crippen molar-refractivity contribution < 1.29 is 9.90 Å². The molecule has 6 heteroatoms. The fourth-order valence-corrected chi connectivity index (χ4v) is 2.48. The topological polar surface area (TPSA) is 62.2 Å². The van der Waals surface area contributed by atoms with Crippen LogP contribution in [0, 0.1) is 6.92 Å². The predicted octanol–water partition coefficient (Wildman–Crippen LogP) is 3.48. The van der Waals surface area contributed by atoms with Crippen molar-refractivity contribution in [2.75, 3.05) is 5.32 Å². The Bertz CT molecular complexity index is 563. The summed E-state index contributed by atoms with van der Waals surface area (Å²) in [4.78, 5) is 14.8. The number of aliphatic carboxylic acids is 1. The number of hydrogen-bond acceptors (Lipinski definition) is 4. The Morgan fingerprint density at radius 2 is 2.33 bits per heavy atom. The molecule has 0 spiro atoms. The molecule has 1 aromatic carbocycles. The number of anilines is 2. The highest BCUT2D eigenvalue weighted by molar-refractivity contribution is 7.13. The maximum Gasteiger partial charge on any atom is 0.309 e. The largest absolute Gasteiger partial charge is 0.481 e. The second-order valence-corrected chi connectivity index (χ2v) is 5.04. The standard InChI is InChI=1S/C12H11ClN2O2S/c1-7-3-2-4-9(13)11(7)15-12-14-8(6-18-12)5-10(16)17/h2-4,6H,5H2,1H3,(H,14,15)(H,16,17). The SMILES string of the molecule is Cc1cccc(Cl)c1Nc1nc(CC(=O)O)cs1. The van der Waals surface area contributed by atoms with Crippen LogP contribution in [0.4, 0.5) is 10.8 Å². The molecule has 0 unspecified atom stereocenters. The Labute approximate surface area is 113 Å². The monoisotopic (exact) mass is 282 g/mol. The number of carboxylic acids is 1. The summed E-state index contributed by atoms with van der Waals surface area (Å²) < 4.78 is 0. The van der Waals surface area contributed by atoms with Gasteiger partial charge in [-0.25, -0.2) is 4.98 Å². The number of hydrogen-bond donors (Lipinski definition) is 2. The molecule has 1 aromatic heterocycles. The molecule has 2 rings (SSSR count). The summed E-state index contributed by atoms with van der Waals surface area (Å²) in [5.74, 6) is -0.888. The van der Waals surface area contributed by atoms with E-state index >= 15 is 0 Å². The molecule has 0 aliphatic rings. The maximum atomic E-state index is 10.6. The van der Waals surface area contributed by atoms with E-state index in [1.807, 2.05) is 19.1 Å². The van der Waals surface area contributed by atoms with Crippen LogP contribution < -0.4 is 5.32 Å². The average molecular weight is 283 g/mol. The summed E-state index contributed by atoms with van der Waals surface area (Å²) in [5, 5.41) is 14.8. The van der Waals surface area contributed by atoms with Gasteiger partial charge in [-0.3, -0.25) is 4.79 Å². The van der Waals surface area contributed by atoms with Crippen LogP contribution in [-0.4, -0.2) is 16.1 Å². The summed E-state index contributed by atoms with van der Waals surface area (Å²) >= 11 is 7.45. The van der Waals surface area contributed by atoms with Gasteiger partial charge >= 0.3 is 5.97 Å². The predicted molar refractivity (Wildman–Crippen MR) is 72.9 cm³/mol. The van der Waals surface area contributed by atoms with Gasteiger partial charge in [0.15, 0.2) is 5.13 Å². The highest BCUT2D eigenvalue weighted by Gasteiger charge is 2.09. The van der Waals surface area contributed by atoms with E-state index in [2.05, 4.69) is 10.3 Å². The molecule has 0 aliphatic carbocycles. The molecule has 0 aliphatic heterocycles. The Morgan fingerprint density at radius 3 is 3.00 bits per heavy atom. The number of carboxylic acid groups (broad SMARTS) is 1. The van der Waals surface area contributed by atoms with Crippen LogP contribution in [-0.2, 0) is 11.2 Å². The lowest BCUT2D eigenvalue weighted by Gasteiger charge is -2.08. The molecule has 94 valence electrons. The van der Waals surface area contributed by atoms with Crippen LogP contribution in [0.25, 0.3) is 0 Å². The van der Waals surface area contributed by atoms with Crippen molar-refractivity contribution in [2.45, 2.75) is 13.3 Å². The van der Waals surface area contributed by atoms with Crippen LogP contribution in [0.15, 0.2) is 23.6 Å². The molecule has 2 N–H and O–H groups in total. The van der Waals surface area contributed by atoms with Crippen molar-refractivity contribution >= 4 is 39.7 Å². The van der Waals surface area contributed by atoms with Gasteiger partial charge in [0.2, 0.25) is 0 Å². The minimum atomic E-state index is -0.888. The molecule has 0 bridgehead atoms. The van der Waals surface area contributed by atoms with E-state index in [0.29, 0.717) is 15.8 Å². The Balaban J connectivity index is 2.19. The van der Waals surface area contributed by atoms with Crippen molar-refractivity contribution in [3.05, 3.63) is 39.9 Å². The lowest BCUT2D eigenvalue weighted by atomic mass is 10.2. The normalized spacial score (nSPS) is 10.3. The lowest BCUT2D eigenvalue weighted by Crippen LogP contribution is -2.00. The van der Waals surface area contributed by atoms with Crippen LogP contribution in [0.2, 0.25) is 5.02 Å².